The number of likely N-dealkylation sites (N-methyl/N-ethyl adjacent to an activating group) is 1. The van der Waals surface area contributed by atoms with Gasteiger partial charge in [0, 0.05) is 32.5 Å². The van der Waals surface area contributed by atoms with Crippen LogP contribution in [0.15, 0.2) is 18.2 Å². The van der Waals surface area contributed by atoms with Crippen molar-refractivity contribution in [2.75, 3.05) is 31.7 Å². The first-order valence-electron chi connectivity index (χ1n) is 7.17. The van der Waals surface area contributed by atoms with Crippen molar-refractivity contribution in [3.8, 4) is 0 Å². The Morgan fingerprint density at radius 1 is 1.16 bits per heavy atom. The topological polar surface area (TPSA) is 38.5 Å². The predicted molar refractivity (Wildman–Crippen MR) is 80.8 cm³/mol. The number of nitrogens with two attached hydrogens (primary N) is 1. The smallest absolute Gasteiger partial charge is 0.0543 e. The summed E-state index contributed by atoms with van der Waals surface area (Å²) in [6.45, 7) is 6.65. The maximum atomic E-state index is 6.12. The highest BCUT2D eigenvalue weighted by Gasteiger charge is 2.34. The van der Waals surface area contributed by atoms with E-state index >= 15 is 0 Å². The van der Waals surface area contributed by atoms with Gasteiger partial charge >= 0.3 is 0 Å². The van der Waals surface area contributed by atoms with E-state index in [0.29, 0.717) is 6.54 Å². The molecule has 0 aromatic heterocycles. The number of hydrogen-bond acceptors (Lipinski definition) is 3. The van der Waals surface area contributed by atoms with Crippen LogP contribution >= 0.6 is 0 Å². The second kappa shape index (κ2) is 5.93. The monoisotopic (exact) mass is 262 g/mol. The van der Waals surface area contributed by atoms with Crippen LogP contribution in [0, 0.1) is 13.8 Å². The van der Waals surface area contributed by atoms with Crippen LogP contribution in [0.5, 0.6) is 0 Å². The molecular weight excluding hydrogens is 236 g/mol. The molecule has 1 fully saturated rings. The van der Waals surface area contributed by atoms with Gasteiger partial charge in [-0.1, -0.05) is 6.07 Å². The van der Waals surface area contributed by atoms with Crippen molar-refractivity contribution >= 4 is 5.69 Å². The van der Waals surface area contributed by atoms with Gasteiger partial charge in [-0.15, -0.1) is 0 Å². The van der Waals surface area contributed by atoms with E-state index in [9.17, 15) is 0 Å². The second-order valence-corrected chi connectivity index (χ2v) is 5.80. The highest BCUT2D eigenvalue weighted by atomic mass is 16.5. The van der Waals surface area contributed by atoms with E-state index in [4.69, 9.17) is 10.5 Å². The molecule has 106 valence electrons. The Morgan fingerprint density at radius 3 is 2.47 bits per heavy atom. The largest absolute Gasteiger partial charge is 0.381 e. The number of rotatable bonds is 3. The average molecular weight is 262 g/mol. The van der Waals surface area contributed by atoms with Crippen LogP contribution in [-0.4, -0.2) is 32.3 Å². The van der Waals surface area contributed by atoms with Crippen LogP contribution in [0.4, 0.5) is 5.69 Å². The fourth-order valence-corrected chi connectivity index (χ4v) is 3.09. The molecule has 1 aliphatic rings. The van der Waals surface area contributed by atoms with Gasteiger partial charge in [-0.25, -0.2) is 0 Å². The zero-order valence-electron chi connectivity index (χ0n) is 12.4. The maximum Gasteiger partial charge on any atom is 0.0543 e. The number of anilines is 1. The summed E-state index contributed by atoms with van der Waals surface area (Å²) in [5.74, 6) is 0. The minimum atomic E-state index is 0.0384. The molecule has 1 saturated heterocycles. The Bertz CT molecular complexity index is 403. The van der Waals surface area contributed by atoms with Crippen LogP contribution in [0.1, 0.15) is 30.4 Å². The zero-order valence-corrected chi connectivity index (χ0v) is 12.4. The van der Waals surface area contributed by atoms with Gasteiger partial charge in [0.15, 0.2) is 0 Å². The maximum absolute atomic E-state index is 6.12. The third-order valence-electron chi connectivity index (χ3n) is 4.33. The van der Waals surface area contributed by atoms with Gasteiger partial charge < -0.3 is 15.4 Å². The molecule has 0 bridgehead atoms. The Kier molecular flexibility index (Phi) is 4.48. The lowest BCUT2D eigenvalue weighted by molar-refractivity contribution is 0.139. The van der Waals surface area contributed by atoms with Crippen molar-refractivity contribution in [2.24, 2.45) is 5.73 Å². The quantitative estimate of drug-likeness (QED) is 0.910. The molecule has 3 nitrogen and oxygen atoms in total. The molecule has 1 unspecified atom stereocenters. The number of aryl methyl sites for hydroxylation is 2. The molecule has 3 heteroatoms. The lowest BCUT2D eigenvalue weighted by Gasteiger charge is -2.42. The van der Waals surface area contributed by atoms with Gasteiger partial charge in [0.1, 0.15) is 0 Å². The SMILES string of the molecule is Cc1cc(C)cc(N(C)C2(CN)CCCOCC2)c1. The van der Waals surface area contributed by atoms with Gasteiger partial charge in [0.05, 0.1) is 5.54 Å². The second-order valence-electron chi connectivity index (χ2n) is 5.80. The van der Waals surface area contributed by atoms with Gasteiger partial charge in [-0.05, 0) is 56.4 Å². The summed E-state index contributed by atoms with van der Waals surface area (Å²) in [5.41, 5.74) is 10.0. The standard InChI is InChI=1S/C16H26N2O/c1-13-9-14(2)11-15(10-13)18(3)16(12-17)5-4-7-19-8-6-16/h9-11H,4-8,12,17H2,1-3H3. The van der Waals surface area contributed by atoms with Crippen molar-refractivity contribution < 1.29 is 4.74 Å². The summed E-state index contributed by atoms with van der Waals surface area (Å²) >= 11 is 0. The first kappa shape index (κ1) is 14.4. The van der Waals surface area contributed by atoms with Crippen LogP contribution < -0.4 is 10.6 Å². The number of hydrogen-bond donors (Lipinski definition) is 1. The van der Waals surface area contributed by atoms with Crippen molar-refractivity contribution in [1.29, 1.82) is 0 Å². The first-order valence-corrected chi connectivity index (χ1v) is 7.17. The Morgan fingerprint density at radius 2 is 1.84 bits per heavy atom. The molecule has 0 amide bonds. The van der Waals surface area contributed by atoms with E-state index in [2.05, 4.69) is 44.0 Å². The molecule has 1 heterocycles. The summed E-state index contributed by atoms with van der Waals surface area (Å²) in [5, 5.41) is 0. The number of nitrogens with zero attached hydrogens (tertiary/aromatic N) is 1. The van der Waals surface area contributed by atoms with Crippen molar-refractivity contribution in [3.63, 3.8) is 0 Å². The minimum Gasteiger partial charge on any atom is -0.381 e. The molecule has 19 heavy (non-hydrogen) atoms. The van der Waals surface area contributed by atoms with Crippen LogP contribution in [-0.2, 0) is 4.74 Å². The van der Waals surface area contributed by atoms with Gasteiger partial charge in [-0.3, -0.25) is 0 Å². The van der Waals surface area contributed by atoms with Crippen LogP contribution in [0.25, 0.3) is 0 Å². The Labute approximate surface area is 116 Å². The van der Waals surface area contributed by atoms with Gasteiger partial charge in [0.25, 0.3) is 0 Å². The third-order valence-corrected chi connectivity index (χ3v) is 4.33. The molecule has 1 atom stereocenters. The summed E-state index contributed by atoms with van der Waals surface area (Å²) in [7, 11) is 2.17. The molecule has 2 rings (SSSR count). The average Bonchev–Trinajstić information content (AvgIpc) is 2.63. The fourth-order valence-electron chi connectivity index (χ4n) is 3.09. The van der Waals surface area contributed by atoms with Crippen LogP contribution in [0.2, 0.25) is 0 Å². The fraction of sp³-hybridized carbons (Fsp3) is 0.625. The minimum absolute atomic E-state index is 0.0384. The molecule has 0 spiro atoms. The Hall–Kier alpha value is -1.06. The molecule has 0 aliphatic carbocycles. The number of ether oxygens (including phenoxy) is 1. The van der Waals surface area contributed by atoms with Crippen LogP contribution in [0.3, 0.4) is 0 Å². The van der Waals surface area contributed by atoms with E-state index in [1.807, 2.05) is 0 Å². The lowest BCUT2D eigenvalue weighted by atomic mass is 9.88. The molecular formula is C16H26N2O. The van der Waals surface area contributed by atoms with E-state index in [1.165, 1.54) is 16.8 Å². The van der Waals surface area contributed by atoms with Crippen molar-refractivity contribution in [1.82, 2.24) is 0 Å². The summed E-state index contributed by atoms with van der Waals surface area (Å²) in [6.07, 6.45) is 3.20. The van der Waals surface area contributed by atoms with Crippen molar-refractivity contribution in [2.45, 2.75) is 38.6 Å². The van der Waals surface area contributed by atoms with Gasteiger partial charge in [-0.2, -0.15) is 0 Å². The summed E-state index contributed by atoms with van der Waals surface area (Å²) in [6, 6.07) is 6.70. The highest BCUT2D eigenvalue weighted by Crippen LogP contribution is 2.31. The molecule has 1 aromatic rings. The molecule has 0 radical (unpaired) electrons. The van der Waals surface area contributed by atoms with Gasteiger partial charge in [0.2, 0.25) is 0 Å². The zero-order chi connectivity index (χ0) is 13.9. The molecule has 2 N–H and O–H groups in total. The summed E-state index contributed by atoms with van der Waals surface area (Å²) < 4.78 is 5.60. The molecule has 0 saturated carbocycles. The normalized spacial score (nSPS) is 24.0. The number of benzene rings is 1. The van der Waals surface area contributed by atoms with Crippen molar-refractivity contribution in [3.05, 3.63) is 29.3 Å². The van der Waals surface area contributed by atoms with E-state index < -0.39 is 0 Å². The molecule has 1 aliphatic heterocycles. The molecule has 1 aromatic carbocycles. The Balaban J connectivity index is 2.30. The van der Waals surface area contributed by atoms with E-state index in [-0.39, 0.29) is 5.54 Å². The lowest BCUT2D eigenvalue weighted by Crippen LogP contribution is -2.52. The van der Waals surface area contributed by atoms with E-state index in [0.717, 1.165) is 32.5 Å². The first-order chi connectivity index (χ1) is 9.07. The highest BCUT2D eigenvalue weighted by molar-refractivity contribution is 5.52. The summed E-state index contributed by atoms with van der Waals surface area (Å²) in [4.78, 5) is 2.38. The third kappa shape index (κ3) is 3.10. The van der Waals surface area contributed by atoms with E-state index in [1.54, 1.807) is 0 Å². The predicted octanol–water partition coefficient (Wildman–Crippen LogP) is 2.64.